The first-order valence-corrected chi connectivity index (χ1v) is 14.7. The van der Waals surface area contributed by atoms with Gasteiger partial charge in [-0.2, -0.15) is 0 Å². The van der Waals surface area contributed by atoms with E-state index in [1.54, 1.807) is 13.8 Å². The Kier molecular flexibility index (Phi) is 5.68. The number of hydrogen-bond acceptors (Lipinski definition) is 8. The SMILES string of the molecule is CCO[C@@]1(C)[C@H]2C[C@@](C)(C3C(=O)C4(O)O[C@@]31[C@](O)(CC)CCC1C4CC=C3C=CCC(=O)[C@@]31C)[C@H](C)C(=O)O2. The number of aliphatic hydroxyl groups is 2. The van der Waals surface area contributed by atoms with E-state index in [9.17, 15) is 24.6 Å². The standard InChI is InChI=1S/C31H42O8/c1-7-29(35)15-14-19-20(13-12-18-10-9-11-21(32)27(18,19)5)30(36)24(33)23-26(4)16-22(38-25(34)17(26)3)28(6,37-8-2)31(23,29)39-30/h9-10,12,17,19-20,22-23,35-36H,7-8,11,13-16H2,1-6H3/t17-,19?,20?,22-,23?,26-,27+,28+,29+,30?,31+/m1/s1. The van der Waals surface area contributed by atoms with Crippen molar-refractivity contribution in [1.29, 1.82) is 0 Å². The third-order valence-electron chi connectivity index (χ3n) is 12.3. The Hall–Kier alpha value is -1.87. The summed E-state index contributed by atoms with van der Waals surface area (Å²) in [4.78, 5) is 41.6. The van der Waals surface area contributed by atoms with Crippen molar-refractivity contribution in [1.82, 2.24) is 0 Å². The molecule has 0 aromatic carbocycles. The number of ketones is 2. The van der Waals surface area contributed by atoms with E-state index in [1.807, 2.05) is 45.9 Å². The first-order valence-electron chi connectivity index (χ1n) is 14.7. The Morgan fingerprint density at radius 2 is 1.82 bits per heavy atom. The van der Waals surface area contributed by atoms with Gasteiger partial charge in [0.2, 0.25) is 5.79 Å². The molecule has 4 fully saturated rings. The van der Waals surface area contributed by atoms with Gasteiger partial charge in [0.05, 0.1) is 22.9 Å². The topological polar surface area (TPSA) is 119 Å². The van der Waals surface area contributed by atoms with E-state index in [0.29, 0.717) is 19.3 Å². The minimum atomic E-state index is -2.27. The van der Waals surface area contributed by atoms with Gasteiger partial charge in [0.1, 0.15) is 23.1 Å². The lowest BCUT2D eigenvalue weighted by molar-refractivity contribution is -0.388. The van der Waals surface area contributed by atoms with E-state index in [1.165, 1.54) is 0 Å². The summed E-state index contributed by atoms with van der Waals surface area (Å²) in [5.41, 5.74) is -5.63. The van der Waals surface area contributed by atoms with E-state index < -0.39 is 74.9 Å². The van der Waals surface area contributed by atoms with Crippen molar-refractivity contribution in [3.05, 3.63) is 23.8 Å². The number of carbonyl (C=O) groups is 3. The van der Waals surface area contributed by atoms with Crippen LogP contribution in [0.1, 0.15) is 80.1 Å². The van der Waals surface area contributed by atoms with Gasteiger partial charge >= 0.3 is 5.97 Å². The molecule has 2 N–H and O–H groups in total. The highest BCUT2D eigenvalue weighted by atomic mass is 16.7. The maximum Gasteiger partial charge on any atom is 0.309 e. The maximum absolute atomic E-state index is 14.9. The van der Waals surface area contributed by atoms with Crippen LogP contribution in [0.15, 0.2) is 23.8 Å². The summed E-state index contributed by atoms with van der Waals surface area (Å²) in [6.07, 6.45) is 6.93. The predicted octanol–water partition coefficient (Wildman–Crippen LogP) is 3.43. The van der Waals surface area contributed by atoms with Gasteiger partial charge in [0.15, 0.2) is 5.78 Å². The Morgan fingerprint density at radius 3 is 2.49 bits per heavy atom. The zero-order chi connectivity index (χ0) is 28.4. The van der Waals surface area contributed by atoms with E-state index in [0.717, 1.165) is 5.57 Å². The van der Waals surface area contributed by atoms with Crippen LogP contribution in [0.5, 0.6) is 0 Å². The second kappa shape index (κ2) is 8.11. The van der Waals surface area contributed by atoms with Crippen molar-refractivity contribution in [2.24, 2.45) is 34.5 Å². The number of hydrogen-bond donors (Lipinski definition) is 2. The molecule has 3 heterocycles. The fraction of sp³-hybridized carbons (Fsp3) is 0.774. The molecule has 1 spiro atoms. The number of esters is 1. The van der Waals surface area contributed by atoms with Crippen molar-refractivity contribution in [2.45, 2.75) is 109 Å². The molecule has 11 atom stereocenters. The molecule has 8 heteroatoms. The molecule has 0 radical (unpaired) electrons. The molecule has 6 aliphatic rings. The fourth-order valence-electron chi connectivity index (χ4n) is 9.83. The summed E-state index contributed by atoms with van der Waals surface area (Å²) in [7, 11) is 0. The van der Waals surface area contributed by atoms with E-state index >= 15 is 0 Å². The lowest BCUT2D eigenvalue weighted by Crippen LogP contribution is -2.81. The van der Waals surface area contributed by atoms with Gasteiger partial charge in [-0.25, -0.2) is 0 Å². The first kappa shape index (κ1) is 27.3. The van der Waals surface area contributed by atoms with Crippen molar-refractivity contribution >= 4 is 17.5 Å². The van der Waals surface area contributed by atoms with Gasteiger partial charge in [-0.05, 0) is 69.8 Å². The fourth-order valence-corrected chi connectivity index (χ4v) is 9.83. The number of ether oxygens (including phenoxy) is 3. The molecular formula is C31H42O8. The third-order valence-corrected chi connectivity index (χ3v) is 12.3. The maximum atomic E-state index is 14.9. The molecule has 3 aliphatic heterocycles. The minimum absolute atomic E-state index is 0.0438. The van der Waals surface area contributed by atoms with Crippen molar-refractivity contribution in [2.75, 3.05) is 6.61 Å². The van der Waals surface area contributed by atoms with Crippen LogP contribution >= 0.6 is 0 Å². The average Bonchev–Trinajstić information content (AvgIpc) is 3.16. The highest BCUT2D eigenvalue weighted by Crippen LogP contribution is 2.71. The van der Waals surface area contributed by atoms with Gasteiger partial charge < -0.3 is 24.4 Å². The zero-order valence-corrected chi connectivity index (χ0v) is 23.9. The zero-order valence-electron chi connectivity index (χ0n) is 23.9. The molecule has 1 saturated carbocycles. The van der Waals surface area contributed by atoms with Gasteiger partial charge in [0.25, 0.3) is 0 Å². The largest absolute Gasteiger partial charge is 0.459 e. The van der Waals surface area contributed by atoms with Crippen LogP contribution in [0.25, 0.3) is 0 Å². The summed E-state index contributed by atoms with van der Waals surface area (Å²) in [6, 6.07) is 0. The summed E-state index contributed by atoms with van der Waals surface area (Å²) in [5.74, 6) is -5.94. The van der Waals surface area contributed by atoms with Crippen LogP contribution in [0.4, 0.5) is 0 Å². The average molecular weight is 543 g/mol. The molecule has 8 nitrogen and oxygen atoms in total. The Labute approximate surface area is 230 Å². The first-order chi connectivity index (χ1) is 18.2. The molecule has 3 aliphatic carbocycles. The second-order valence-electron chi connectivity index (χ2n) is 13.5. The highest BCUT2D eigenvalue weighted by molar-refractivity contribution is 5.95. The summed E-state index contributed by atoms with van der Waals surface area (Å²) in [5, 5.41) is 25.4. The minimum Gasteiger partial charge on any atom is -0.459 e. The molecule has 6 rings (SSSR count). The number of rotatable bonds is 3. The van der Waals surface area contributed by atoms with Crippen molar-refractivity contribution in [3.63, 3.8) is 0 Å². The molecule has 39 heavy (non-hydrogen) atoms. The molecule has 0 aromatic heterocycles. The van der Waals surface area contributed by atoms with Crippen LogP contribution in [0, 0.1) is 34.5 Å². The summed E-state index contributed by atoms with van der Waals surface area (Å²) < 4.78 is 19.3. The van der Waals surface area contributed by atoms with E-state index in [4.69, 9.17) is 14.2 Å². The van der Waals surface area contributed by atoms with Gasteiger partial charge in [0, 0.05) is 18.9 Å². The quantitative estimate of drug-likeness (QED) is 0.521. The number of fused-ring (bicyclic) bond motifs is 8. The van der Waals surface area contributed by atoms with Crippen molar-refractivity contribution < 1.29 is 38.8 Å². The smallest absolute Gasteiger partial charge is 0.309 e. The number of Topliss-reactive ketones (excluding diaryl/α,β-unsaturated/α-hetero) is 2. The monoisotopic (exact) mass is 542 g/mol. The summed E-state index contributed by atoms with van der Waals surface area (Å²) in [6.45, 7) is 11.2. The Morgan fingerprint density at radius 1 is 1.10 bits per heavy atom. The van der Waals surface area contributed by atoms with Crippen LogP contribution in [-0.2, 0) is 28.6 Å². The molecule has 0 amide bonds. The normalized spacial score (nSPS) is 54.1. The Bertz CT molecular complexity index is 1210. The molecule has 4 bridgehead atoms. The van der Waals surface area contributed by atoms with Crippen LogP contribution in [0.3, 0.4) is 0 Å². The third kappa shape index (κ3) is 2.87. The Balaban J connectivity index is 1.64. The number of allylic oxidation sites excluding steroid dienone is 4. The van der Waals surface area contributed by atoms with Crippen LogP contribution < -0.4 is 0 Å². The highest BCUT2D eigenvalue weighted by Gasteiger charge is 2.86. The van der Waals surface area contributed by atoms with Gasteiger partial charge in [-0.15, -0.1) is 0 Å². The van der Waals surface area contributed by atoms with E-state index in [2.05, 4.69) is 0 Å². The van der Waals surface area contributed by atoms with Gasteiger partial charge in [-0.3, -0.25) is 14.4 Å². The van der Waals surface area contributed by atoms with E-state index in [-0.39, 0.29) is 31.7 Å². The molecule has 4 unspecified atom stereocenters. The summed E-state index contributed by atoms with van der Waals surface area (Å²) >= 11 is 0. The lowest BCUT2D eigenvalue weighted by atomic mass is 9.45. The van der Waals surface area contributed by atoms with Gasteiger partial charge in [-0.1, -0.05) is 39.0 Å². The molecule has 0 aromatic rings. The molecular weight excluding hydrogens is 500 g/mol. The van der Waals surface area contributed by atoms with Crippen LogP contribution in [0.2, 0.25) is 0 Å². The predicted molar refractivity (Wildman–Crippen MR) is 140 cm³/mol. The lowest BCUT2D eigenvalue weighted by Gasteiger charge is -2.67. The molecule has 214 valence electrons. The number of carbonyl (C=O) groups excluding carboxylic acids is 3. The van der Waals surface area contributed by atoms with Crippen molar-refractivity contribution in [3.8, 4) is 0 Å². The van der Waals surface area contributed by atoms with Crippen LogP contribution in [-0.4, -0.2) is 63.0 Å². The molecule has 3 saturated heterocycles. The second-order valence-corrected chi connectivity index (χ2v) is 13.5.